The van der Waals surface area contributed by atoms with E-state index in [0.29, 0.717) is 6.54 Å². The van der Waals surface area contributed by atoms with Gasteiger partial charge in [0.2, 0.25) is 5.91 Å². The van der Waals surface area contributed by atoms with Gasteiger partial charge >= 0.3 is 0 Å². The van der Waals surface area contributed by atoms with E-state index < -0.39 is 0 Å². The van der Waals surface area contributed by atoms with Crippen LogP contribution >= 0.6 is 0 Å². The summed E-state index contributed by atoms with van der Waals surface area (Å²) in [5.74, 6) is 2.71. The van der Waals surface area contributed by atoms with Gasteiger partial charge < -0.3 is 14.4 Å². The van der Waals surface area contributed by atoms with Crippen LogP contribution in [0, 0.1) is 5.92 Å². The van der Waals surface area contributed by atoms with Crippen LogP contribution in [0.1, 0.15) is 44.2 Å². The van der Waals surface area contributed by atoms with Crippen LogP contribution in [0.4, 0.5) is 0 Å². The minimum atomic E-state index is 0.220. The molecule has 25 heavy (non-hydrogen) atoms. The van der Waals surface area contributed by atoms with Gasteiger partial charge in [0.05, 0.1) is 20.8 Å². The highest BCUT2D eigenvalue weighted by Crippen LogP contribution is 2.38. The number of hydrogen-bond acceptors (Lipinski definition) is 4. The number of methoxy groups -OCH3 is 2. The molecule has 3 rings (SSSR count). The SMILES string of the molecule is COc1ccc(OC)c(C2CCCN2CC(=O)N2CCC(C)CC2)c1. The Balaban J connectivity index is 1.71. The van der Waals surface area contributed by atoms with Crippen molar-refractivity contribution in [1.82, 2.24) is 9.80 Å². The average molecular weight is 346 g/mol. The summed E-state index contributed by atoms with van der Waals surface area (Å²) in [6.07, 6.45) is 4.40. The van der Waals surface area contributed by atoms with Crippen LogP contribution in [0.2, 0.25) is 0 Å². The molecule has 5 nitrogen and oxygen atoms in total. The second kappa shape index (κ2) is 8.09. The van der Waals surface area contributed by atoms with Crippen molar-refractivity contribution >= 4 is 5.91 Å². The largest absolute Gasteiger partial charge is 0.497 e. The molecule has 2 heterocycles. The lowest BCUT2D eigenvalue weighted by Gasteiger charge is -2.33. The first-order valence-corrected chi connectivity index (χ1v) is 9.36. The summed E-state index contributed by atoms with van der Waals surface area (Å²) >= 11 is 0. The number of amides is 1. The number of piperidine rings is 1. The predicted molar refractivity (Wildman–Crippen MR) is 98.1 cm³/mol. The first-order chi connectivity index (χ1) is 12.1. The first-order valence-electron chi connectivity index (χ1n) is 9.36. The zero-order chi connectivity index (χ0) is 17.8. The van der Waals surface area contributed by atoms with Crippen molar-refractivity contribution in [1.29, 1.82) is 0 Å². The quantitative estimate of drug-likeness (QED) is 0.822. The second-order valence-corrected chi connectivity index (χ2v) is 7.30. The van der Waals surface area contributed by atoms with E-state index in [1.54, 1.807) is 14.2 Å². The summed E-state index contributed by atoms with van der Waals surface area (Å²) in [4.78, 5) is 17.1. The lowest BCUT2D eigenvalue weighted by Crippen LogP contribution is -2.43. The maximum absolute atomic E-state index is 12.7. The van der Waals surface area contributed by atoms with Crippen LogP contribution < -0.4 is 9.47 Å². The monoisotopic (exact) mass is 346 g/mol. The Labute approximate surface area is 150 Å². The third kappa shape index (κ3) is 4.09. The van der Waals surface area contributed by atoms with Crippen LogP contribution in [0.5, 0.6) is 11.5 Å². The third-order valence-electron chi connectivity index (χ3n) is 5.63. The molecular formula is C20H30N2O3. The van der Waals surface area contributed by atoms with Crippen LogP contribution in [-0.2, 0) is 4.79 Å². The smallest absolute Gasteiger partial charge is 0.236 e. The average Bonchev–Trinajstić information content (AvgIpc) is 3.09. The fraction of sp³-hybridized carbons (Fsp3) is 0.650. The first kappa shape index (κ1) is 18.1. The van der Waals surface area contributed by atoms with Crippen molar-refractivity contribution in [3.63, 3.8) is 0 Å². The Hall–Kier alpha value is -1.75. The molecule has 0 N–H and O–H groups in total. The Morgan fingerprint density at radius 3 is 2.56 bits per heavy atom. The number of hydrogen-bond donors (Lipinski definition) is 0. The zero-order valence-electron chi connectivity index (χ0n) is 15.7. The lowest BCUT2D eigenvalue weighted by molar-refractivity contribution is -0.134. The molecule has 5 heteroatoms. The second-order valence-electron chi connectivity index (χ2n) is 7.30. The summed E-state index contributed by atoms with van der Waals surface area (Å²) in [5, 5.41) is 0. The molecule has 1 amide bonds. The minimum Gasteiger partial charge on any atom is -0.497 e. The molecule has 2 aliphatic rings. The van der Waals surface area contributed by atoms with Gasteiger partial charge in [0, 0.05) is 24.7 Å². The molecule has 2 saturated heterocycles. The summed E-state index contributed by atoms with van der Waals surface area (Å²) in [5.41, 5.74) is 1.12. The fourth-order valence-corrected chi connectivity index (χ4v) is 4.00. The number of carbonyl (C=O) groups is 1. The van der Waals surface area contributed by atoms with Gasteiger partial charge in [0.25, 0.3) is 0 Å². The molecule has 0 bridgehead atoms. The van der Waals surface area contributed by atoms with E-state index in [1.165, 1.54) is 0 Å². The lowest BCUT2D eigenvalue weighted by atomic mass is 9.99. The molecule has 0 aliphatic carbocycles. The number of carbonyl (C=O) groups excluding carboxylic acids is 1. The van der Waals surface area contributed by atoms with E-state index in [0.717, 1.165) is 68.3 Å². The van der Waals surface area contributed by atoms with Gasteiger partial charge in [0.1, 0.15) is 11.5 Å². The molecule has 1 atom stereocenters. The zero-order valence-corrected chi connectivity index (χ0v) is 15.7. The molecule has 0 saturated carbocycles. The van der Waals surface area contributed by atoms with Crippen LogP contribution in [0.25, 0.3) is 0 Å². The molecule has 2 fully saturated rings. The van der Waals surface area contributed by atoms with Gasteiger partial charge in [-0.05, 0) is 56.3 Å². The van der Waals surface area contributed by atoms with Gasteiger partial charge in [-0.3, -0.25) is 9.69 Å². The van der Waals surface area contributed by atoms with E-state index in [1.807, 2.05) is 17.0 Å². The fourth-order valence-electron chi connectivity index (χ4n) is 4.00. The van der Waals surface area contributed by atoms with E-state index in [2.05, 4.69) is 17.9 Å². The number of nitrogens with zero attached hydrogens (tertiary/aromatic N) is 2. The molecule has 0 radical (unpaired) electrons. The highest BCUT2D eigenvalue weighted by atomic mass is 16.5. The van der Waals surface area contributed by atoms with Crippen LogP contribution in [0.15, 0.2) is 18.2 Å². The van der Waals surface area contributed by atoms with Crippen molar-refractivity contribution in [3.05, 3.63) is 23.8 Å². The van der Waals surface area contributed by atoms with Crippen molar-refractivity contribution in [2.24, 2.45) is 5.92 Å². The molecular weight excluding hydrogens is 316 g/mol. The Kier molecular flexibility index (Phi) is 5.84. The van der Waals surface area contributed by atoms with E-state index >= 15 is 0 Å². The van der Waals surface area contributed by atoms with Gasteiger partial charge in [0.15, 0.2) is 0 Å². The van der Waals surface area contributed by atoms with Crippen molar-refractivity contribution < 1.29 is 14.3 Å². The summed E-state index contributed by atoms with van der Waals surface area (Å²) in [6.45, 7) is 5.54. The molecule has 2 aliphatic heterocycles. The van der Waals surface area contributed by atoms with Gasteiger partial charge in [-0.2, -0.15) is 0 Å². The van der Waals surface area contributed by atoms with Gasteiger partial charge in [-0.15, -0.1) is 0 Å². The van der Waals surface area contributed by atoms with Crippen molar-refractivity contribution in [2.75, 3.05) is 40.4 Å². The molecule has 1 aromatic rings. The van der Waals surface area contributed by atoms with E-state index in [4.69, 9.17) is 9.47 Å². The topological polar surface area (TPSA) is 42.0 Å². The number of likely N-dealkylation sites (tertiary alicyclic amines) is 2. The predicted octanol–water partition coefficient (Wildman–Crippen LogP) is 3.10. The Bertz CT molecular complexity index is 597. The Morgan fingerprint density at radius 1 is 1.12 bits per heavy atom. The Morgan fingerprint density at radius 2 is 1.88 bits per heavy atom. The number of ether oxygens (including phenoxy) is 2. The number of rotatable bonds is 5. The van der Waals surface area contributed by atoms with Crippen LogP contribution in [-0.4, -0.2) is 56.1 Å². The summed E-state index contributed by atoms with van der Waals surface area (Å²) in [7, 11) is 3.38. The maximum Gasteiger partial charge on any atom is 0.236 e. The molecule has 1 unspecified atom stereocenters. The van der Waals surface area contributed by atoms with E-state index in [-0.39, 0.29) is 11.9 Å². The maximum atomic E-state index is 12.7. The highest BCUT2D eigenvalue weighted by Gasteiger charge is 2.31. The van der Waals surface area contributed by atoms with Gasteiger partial charge in [-0.1, -0.05) is 6.92 Å². The van der Waals surface area contributed by atoms with Crippen molar-refractivity contribution in [3.8, 4) is 11.5 Å². The highest BCUT2D eigenvalue weighted by molar-refractivity contribution is 5.78. The molecule has 0 aromatic heterocycles. The molecule has 0 spiro atoms. The summed E-state index contributed by atoms with van der Waals surface area (Å²) in [6, 6.07) is 6.15. The summed E-state index contributed by atoms with van der Waals surface area (Å²) < 4.78 is 10.9. The van der Waals surface area contributed by atoms with E-state index in [9.17, 15) is 4.79 Å². The standard InChI is InChI=1S/C20H30N2O3/c1-15-8-11-21(12-9-15)20(23)14-22-10-4-5-18(22)17-13-16(24-2)6-7-19(17)25-3/h6-7,13,15,18H,4-5,8-12,14H2,1-3H3. The van der Waals surface area contributed by atoms with Crippen molar-refractivity contribution in [2.45, 2.75) is 38.6 Å². The minimum absolute atomic E-state index is 0.220. The normalized spacial score (nSPS) is 22.2. The molecule has 1 aromatic carbocycles. The van der Waals surface area contributed by atoms with Crippen LogP contribution in [0.3, 0.4) is 0 Å². The molecule has 138 valence electrons. The number of benzene rings is 1. The third-order valence-corrected chi connectivity index (χ3v) is 5.63. The van der Waals surface area contributed by atoms with Gasteiger partial charge in [-0.25, -0.2) is 0 Å².